The van der Waals surface area contributed by atoms with Gasteiger partial charge in [-0.1, -0.05) is 38.9 Å². The average Bonchev–Trinajstić information content (AvgIpc) is 3.33. The van der Waals surface area contributed by atoms with E-state index >= 15 is 0 Å². The SMILES string of the molecule is OC[C@H]1O[C@@H](SS[C@@H]2O[C@H](CO)[C@H](O)[C@H](n3cc(-c4ccccc4F)nn3)[C@H]2O)[C@H](O)[C@@H](O)[C@H]1O. The van der Waals surface area contributed by atoms with Crippen LogP contribution in [-0.2, 0) is 9.47 Å². The Morgan fingerprint density at radius 3 is 2.06 bits per heavy atom. The van der Waals surface area contributed by atoms with Crippen LogP contribution in [0.4, 0.5) is 4.39 Å². The quantitative estimate of drug-likeness (QED) is 0.198. The van der Waals surface area contributed by atoms with Crippen molar-refractivity contribution in [2.45, 2.75) is 59.6 Å². The summed E-state index contributed by atoms with van der Waals surface area (Å²) in [6, 6.07) is 4.79. The van der Waals surface area contributed by atoms with Crippen LogP contribution in [0.5, 0.6) is 0 Å². The Morgan fingerprint density at radius 1 is 0.829 bits per heavy atom. The lowest BCUT2D eigenvalue weighted by atomic mass is 9.97. The van der Waals surface area contributed by atoms with Gasteiger partial charge in [-0.05, 0) is 12.1 Å². The van der Waals surface area contributed by atoms with Crippen LogP contribution in [0.25, 0.3) is 11.3 Å². The molecule has 35 heavy (non-hydrogen) atoms. The third-order valence-corrected chi connectivity index (χ3v) is 8.65. The monoisotopic (exact) mass is 535 g/mol. The predicted octanol–water partition coefficient (Wildman–Crippen LogP) is -1.75. The number of aliphatic hydroxyl groups excluding tert-OH is 7. The Balaban J connectivity index is 1.51. The summed E-state index contributed by atoms with van der Waals surface area (Å²) in [5, 5.41) is 78.8. The molecule has 1 aromatic carbocycles. The number of benzene rings is 1. The van der Waals surface area contributed by atoms with Crippen molar-refractivity contribution in [3.8, 4) is 11.3 Å². The van der Waals surface area contributed by atoms with Crippen LogP contribution in [0.1, 0.15) is 6.04 Å². The Kier molecular flexibility index (Phi) is 8.65. The van der Waals surface area contributed by atoms with Gasteiger partial charge in [0.2, 0.25) is 0 Å². The number of ether oxygens (including phenoxy) is 2. The van der Waals surface area contributed by atoms with Gasteiger partial charge in [0.15, 0.2) is 0 Å². The lowest BCUT2D eigenvalue weighted by molar-refractivity contribution is -0.205. The van der Waals surface area contributed by atoms with Crippen LogP contribution >= 0.6 is 21.6 Å². The molecule has 0 saturated carbocycles. The van der Waals surface area contributed by atoms with Crippen LogP contribution in [0.2, 0.25) is 0 Å². The Hall–Kier alpha value is -1.37. The van der Waals surface area contributed by atoms with E-state index in [1.807, 2.05) is 0 Å². The molecule has 194 valence electrons. The molecular formula is C20H26FN3O9S2. The zero-order valence-corrected chi connectivity index (χ0v) is 19.7. The Bertz CT molecular complexity index is 989. The average molecular weight is 536 g/mol. The van der Waals surface area contributed by atoms with Crippen molar-refractivity contribution >= 4 is 21.6 Å². The van der Waals surface area contributed by atoms with Crippen molar-refractivity contribution in [2.24, 2.45) is 0 Å². The lowest BCUT2D eigenvalue weighted by Crippen LogP contribution is -2.57. The largest absolute Gasteiger partial charge is 0.394 e. The summed E-state index contributed by atoms with van der Waals surface area (Å²) < 4.78 is 26.4. The second kappa shape index (κ2) is 11.4. The molecule has 0 amide bonds. The highest BCUT2D eigenvalue weighted by molar-refractivity contribution is 8.77. The Morgan fingerprint density at radius 2 is 1.43 bits per heavy atom. The molecule has 12 nitrogen and oxygen atoms in total. The molecular weight excluding hydrogens is 509 g/mol. The van der Waals surface area contributed by atoms with Crippen LogP contribution < -0.4 is 0 Å². The van der Waals surface area contributed by atoms with E-state index in [1.165, 1.54) is 29.1 Å². The number of rotatable bonds is 7. The highest BCUT2D eigenvalue weighted by Crippen LogP contribution is 2.44. The lowest BCUT2D eigenvalue weighted by Gasteiger charge is -2.43. The maximum Gasteiger partial charge on any atom is 0.142 e. The highest BCUT2D eigenvalue weighted by Gasteiger charge is 2.48. The van der Waals surface area contributed by atoms with E-state index in [0.29, 0.717) is 0 Å². The first kappa shape index (κ1) is 26.7. The number of aromatic nitrogens is 3. The first-order valence-electron chi connectivity index (χ1n) is 10.7. The van der Waals surface area contributed by atoms with Gasteiger partial charge in [0.05, 0.1) is 19.4 Å². The normalized spacial score (nSPS) is 37.9. The van der Waals surface area contributed by atoms with Crippen LogP contribution in [-0.4, -0.2) is 118 Å². The zero-order chi connectivity index (χ0) is 25.3. The maximum atomic E-state index is 14.2. The second-order valence-corrected chi connectivity index (χ2v) is 10.6. The van der Waals surface area contributed by atoms with E-state index in [1.54, 1.807) is 6.07 Å². The molecule has 4 rings (SSSR count). The van der Waals surface area contributed by atoms with E-state index in [2.05, 4.69) is 10.3 Å². The summed E-state index contributed by atoms with van der Waals surface area (Å²) in [6.07, 6.45) is -8.22. The number of nitrogens with zero attached hydrogens (tertiary/aromatic N) is 3. The topological polar surface area (TPSA) is 191 Å². The van der Waals surface area contributed by atoms with Crippen molar-refractivity contribution in [3.05, 3.63) is 36.3 Å². The molecule has 2 saturated heterocycles. The van der Waals surface area contributed by atoms with Gasteiger partial charge < -0.3 is 45.2 Å². The molecule has 1 aromatic heterocycles. The molecule has 2 fully saturated rings. The molecule has 0 aliphatic carbocycles. The van der Waals surface area contributed by atoms with Gasteiger partial charge in [0.1, 0.15) is 71.2 Å². The molecule has 15 heteroatoms. The maximum absolute atomic E-state index is 14.2. The molecule has 7 N–H and O–H groups in total. The molecule has 10 atom stereocenters. The van der Waals surface area contributed by atoms with Gasteiger partial charge in [-0.25, -0.2) is 9.07 Å². The van der Waals surface area contributed by atoms with Gasteiger partial charge in [0.25, 0.3) is 0 Å². The highest BCUT2D eigenvalue weighted by atomic mass is 33.1. The second-order valence-electron chi connectivity index (χ2n) is 8.15. The van der Waals surface area contributed by atoms with E-state index < -0.39 is 78.7 Å². The van der Waals surface area contributed by atoms with Gasteiger partial charge >= 0.3 is 0 Å². The Labute approximate surface area is 206 Å². The fourth-order valence-electron chi connectivity index (χ4n) is 3.93. The minimum Gasteiger partial charge on any atom is -0.394 e. The van der Waals surface area contributed by atoms with Crippen molar-refractivity contribution in [1.82, 2.24) is 15.0 Å². The number of hydrogen-bond acceptors (Lipinski definition) is 13. The molecule has 2 aromatic rings. The molecule has 2 aliphatic rings. The van der Waals surface area contributed by atoms with Crippen molar-refractivity contribution in [1.29, 1.82) is 0 Å². The number of halogens is 1. The van der Waals surface area contributed by atoms with Crippen molar-refractivity contribution in [2.75, 3.05) is 13.2 Å². The first-order valence-corrected chi connectivity index (χ1v) is 13.0. The van der Waals surface area contributed by atoms with Crippen LogP contribution in [0.15, 0.2) is 30.5 Å². The molecule has 0 bridgehead atoms. The van der Waals surface area contributed by atoms with Crippen LogP contribution in [0, 0.1) is 5.82 Å². The minimum atomic E-state index is -1.57. The van der Waals surface area contributed by atoms with Gasteiger partial charge in [0, 0.05) is 5.56 Å². The molecule has 3 heterocycles. The molecule has 2 aliphatic heterocycles. The fraction of sp³-hybridized carbons (Fsp3) is 0.600. The van der Waals surface area contributed by atoms with Gasteiger partial charge in [-0.2, -0.15) is 0 Å². The molecule has 0 unspecified atom stereocenters. The van der Waals surface area contributed by atoms with Crippen molar-refractivity contribution < 1.29 is 49.6 Å². The fourth-order valence-corrected chi connectivity index (χ4v) is 6.69. The molecule has 0 spiro atoms. The van der Waals surface area contributed by atoms with E-state index in [-0.39, 0.29) is 11.3 Å². The van der Waals surface area contributed by atoms with E-state index in [9.17, 15) is 40.1 Å². The summed E-state index contributed by atoms with van der Waals surface area (Å²) in [4.78, 5) is 0. The predicted molar refractivity (Wildman–Crippen MR) is 121 cm³/mol. The summed E-state index contributed by atoms with van der Waals surface area (Å²) in [5.41, 5.74) is -1.81. The number of aliphatic hydroxyl groups is 7. The van der Waals surface area contributed by atoms with Gasteiger partial charge in [-0.3, -0.25) is 0 Å². The third-order valence-electron chi connectivity index (χ3n) is 5.91. The number of hydrogen-bond donors (Lipinski definition) is 7. The zero-order valence-electron chi connectivity index (χ0n) is 18.1. The van der Waals surface area contributed by atoms with Crippen LogP contribution in [0.3, 0.4) is 0 Å². The van der Waals surface area contributed by atoms with Crippen molar-refractivity contribution in [3.63, 3.8) is 0 Å². The third kappa shape index (κ3) is 5.35. The van der Waals surface area contributed by atoms with E-state index in [0.717, 1.165) is 21.6 Å². The molecule has 0 radical (unpaired) electrons. The van der Waals surface area contributed by atoms with Gasteiger partial charge in [-0.15, -0.1) is 5.10 Å². The summed E-state index contributed by atoms with van der Waals surface area (Å²) in [5.74, 6) is -0.523. The summed E-state index contributed by atoms with van der Waals surface area (Å²) in [6.45, 7) is -1.17. The standard InChI is InChI=1S/C20H26FN3O9S2/c21-9-4-2-1-3-8(9)10-5-24(23-22-10)13-14(27)11(6-25)32-19(16(13)29)34-35-20-18(31)17(30)15(28)12(7-26)33-20/h1-5,11-20,25-31H,6-7H2/t11-,12-,13+,14+,15+,16-,17+,18-,19+,20+/m1/s1. The first-order chi connectivity index (χ1) is 16.8. The summed E-state index contributed by atoms with van der Waals surface area (Å²) in [7, 11) is 1.77. The smallest absolute Gasteiger partial charge is 0.142 e. The van der Waals surface area contributed by atoms with E-state index in [4.69, 9.17) is 9.47 Å². The minimum absolute atomic E-state index is 0.175. The summed E-state index contributed by atoms with van der Waals surface area (Å²) >= 11 is 0.